The molecule has 3 N–H and O–H groups in total. The standard InChI is InChI=1S/C12H25N3OS/c1-4-6-7-8-14-12(16)10(3)15(5-2)9-11(13)17/h10H,4-9H2,1-3H3,(H2,13,17)(H,14,16). The first-order chi connectivity index (χ1) is 8.02. The maximum absolute atomic E-state index is 11.9. The Morgan fingerprint density at radius 2 is 2.06 bits per heavy atom. The summed E-state index contributed by atoms with van der Waals surface area (Å²) in [5.74, 6) is 0.0548. The molecule has 0 spiro atoms. The number of rotatable bonds is 9. The summed E-state index contributed by atoms with van der Waals surface area (Å²) in [6.07, 6.45) is 3.35. The molecule has 0 aliphatic rings. The zero-order valence-corrected chi connectivity index (χ0v) is 12.0. The number of hydrogen-bond acceptors (Lipinski definition) is 3. The molecule has 0 heterocycles. The molecule has 100 valence electrons. The number of likely N-dealkylation sites (N-methyl/N-ethyl adjacent to an activating group) is 1. The average molecular weight is 259 g/mol. The zero-order chi connectivity index (χ0) is 13.3. The molecular weight excluding hydrogens is 234 g/mol. The molecular formula is C12H25N3OS. The summed E-state index contributed by atoms with van der Waals surface area (Å²) in [6.45, 7) is 8.04. The van der Waals surface area contributed by atoms with Crippen molar-refractivity contribution in [2.75, 3.05) is 19.6 Å². The quantitative estimate of drug-likeness (QED) is 0.484. The minimum Gasteiger partial charge on any atom is -0.392 e. The summed E-state index contributed by atoms with van der Waals surface area (Å²) in [5.41, 5.74) is 5.50. The fraction of sp³-hybridized carbons (Fsp3) is 0.833. The second kappa shape index (κ2) is 9.36. The van der Waals surface area contributed by atoms with Crippen molar-refractivity contribution in [3.8, 4) is 0 Å². The highest BCUT2D eigenvalue weighted by Crippen LogP contribution is 1.99. The van der Waals surface area contributed by atoms with E-state index in [0.717, 1.165) is 32.4 Å². The van der Waals surface area contributed by atoms with Crippen LogP contribution in [0.2, 0.25) is 0 Å². The van der Waals surface area contributed by atoms with Gasteiger partial charge in [0.1, 0.15) is 0 Å². The van der Waals surface area contributed by atoms with Crippen molar-refractivity contribution in [2.24, 2.45) is 5.73 Å². The number of carbonyl (C=O) groups excluding carboxylic acids is 1. The molecule has 0 aliphatic heterocycles. The normalized spacial score (nSPS) is 12.5. The van der Waals surface area contributed by atoms with Crippen molar-refractivity contribution in [2.45, 2.75) is 46.1 Å². The Morgan fingerprint density at radius 1 is 1.41 bits per heavy atom. The van der Waals surface area contributed by atoms with Gasteiger partial charge in [-0.15, -0.1) is 0 Å². The molecule has 0 rings (SSSR count). The van der Waals surface area contributed by atoms with Crippen molar-refractivity contribution in [1.29, 1.82) is 0 Å². The lowest BCUT2D eigenvalue weighted by Crippen LogP contribution is -2.47. The van der Waals surface area contributed by atoms with Gasteiger partial charge in [-0.1, -0.05) is 38.9 Å². The lowest BCUT2D eigenvalue weighted by atomic mass is 10.2. The Hall–Kier alpha value is -0.680. The van der Waals surface area contributed by atoms with Crippen LogP contribution in [0.1, 0.15) is 40.0 Å². The summed E-state index contributed by atoms with van der Waals surface area (Å²) in [6, 6.07) is -0.178. The predicted molar refractivity (Wildman–Crippen MR) is 76.0 cm³/mol. The maximum Gasteiger partial charge on any atom is 0.237 e. The van der Waals surface area contributed by atoms with E-state index in [-0.39, 0.29) is 11.9 Å². The lowest BCUT2D eigenvalue weighted by Gasteiger charge is -2.26. The zero-order valence-electron chi connectivity index (χ0n) is 11.2. The van der Waals surface area contributed by atoms with Gasteiger partial charge in [0.2, 0.25) is 5.91 Å². The van der Waals surface area contributed by atoms with E-state index in [1.807, 2.05) is 18.7 Å². The molecule has 0 aromatic rings. The van der Waals surface area contributed by atoms with Crippen LogP contribution in [0.15, 0.2) is 0 Å². The Kier molecular flexibility index (Phi) is 8.99. The Bertz CT molecular complexity index is 246. The highest BCUT2D eigenvalue weighted by atomic mass is 32.1. The second-order valence-corrected chi connectivity index (χ2v) is 4.73. The topological polar surface area (TPSA) is 58.4 Å². The first-order valence-electron chi connectivity index (χ1n) is 6.32. The van der Waals surface area contributed by atoms with E-state index < -0.39 is 0 Å². The van der Waals surface area contributed by atoms with Crippen LogP contribution >= 0.6 is 12.2 Å². The minimum absolute atomic E-state index is 0.0548. The second-order valence-electron chi connectivity index (χ2n) is 4.20. The number of nitrogens with one attached hydrogen (secondary N) is 1. The van der Waals surface area contributed by atoms with Gasteiger partial charge >= 0.3 is 0 Å². The number of unbranched alkanes of at least 4 members (excludes halogenated alkanes) is 2. The minimum atomic E-state index is -0.178. The molecule has 0 aromatic heterocycles. The molecule has 0 fully saturated rings. The largest absolute Gasteiger partial charge is 0.392 e. The van der Waals surface area contributed by atoms with Gasteiger partial charge in [-0.25, -0.2) is 0 Å². The molecule has 1 atom stereocenters. The summed E-state index contributed by atoms with van der Waals surface area (Å²) in [7, 11) is 0. The highest BCUT2D eigenvalue weighted by molar-refractivity contribution is 7.80. The number of thiocarbonyl (C=S) groups is 1. The van der Waals surface area contributed by atoms with Gasteiger partial charge in [-0.05, 0) is 19.9 Å². The van der Waals surface area contributed by atoms with E-state index >= 15 is 0 Å². The molecule has 1 amide bonds. The van der Waals surface area contributed by atoms with Crippen molar-refractivity contribution in [3.05, 3.63) is 0 Å². The molecule has 5 heteroatoms. The SMILES string of the molecule is CCCCCNC(=O)C(C)N(CC)CC(N)=S. The van der Waals surface area contributed by atoms with Crippen LogP contribution in [0, 0.1) is 0 Å². The smallest absolute Gasteiger partial charge is 0.237 e. The first-order valence-corrected chi connectivity index (χ1v) is 6.73. The van der Waals surface area contributed by atoms with Crippen LogP contribution in [-0.4, -0.2) is 41.5 Å². The van der Waals surface area contributed by atoms with E-state index in [2.05, 4.69) is 12.2 Å². The molecule has 0 bridgehead atoms. The average Bonchev–Trinajstić information content (AvgIpc) is 2.30. The monoisotopic (exact) mass is 259 g/mol. The molecule has 0 saturated carbocycles. The lowest BCUT2D eigenvalue weighted by molar-refractivity contribution is -0.125. The Labute approximate surface area is 110 Å². The van der Waals surface area contributed by atoms with Gasteiger partial charge in [-0.2, -0.15) is 0 Å². The Morgan fingerprint density at radius 3 is 2.53 bits per heavy atom. The van der Waals surface area contributed by atoms with Gasteiger partial charge in [0.15, 0.2) is 0 Å². The number of nitrogens with two attached hydrogens (primary N) is 1. The van der Waals surface area contributed by atoms with E-state index in [1.54, 1.807) is 0 Å². The van der Waals surface area contributed by atoms with Crippen molar-refractivity contribution in [1.82, 2.24) is 10.2 Å². The maximum atomic E-state index is 11.9. The third-order valence-corrected chi connectivity index (χ3v) is 2.90. The van der Waals surface area contributed by atoms with Crippen LogP contribution in [0.5, 0.6) is 0 Å². The van der Waals surface area contributed by atoms with Gasteiger partial charge in [0, 0.05) is 13.1 Å². The third-order valence-electron chi connectivity index (χ3n) is 2.77. The van der Waals surface area contributed by atoms with E-state index in [9.17, 15) is 4.79 Å². The van der Waals surface area contributed by atoms with Crippen LogP contribution < -0.4 is 11.1 Å². The van der Waals surface area contributed by atoms with E-state index in [4.69, 9.17) is 18.0 Å². The molecule has 1 unspecified atom stereocenters. The number of nitrogens with zero attached hydrogens (tertiary/aromatic N) is 1. The fourth-order valence-corrected chi connectivity index (χ4v) is 1.79. The van der Waals surface area contributed by atoms with Crippen LogP contribution in [0.4, 0.5) is 0 Å². The van der Waals surface area contributed by atoms with Crippen LogP contribution in [0.3, 0.4) is 0 Å². The number of amides is 1. The third kappa shape index (κ3) is 7.28. The predicted octanol–water partition coefficient (Wildman–Crippen LogP) is 1.29. The first kappa shape index (κ1) is 16.3. The molecule has 0 radical (unpaired) electrons. The van der Waals surface area contributed by atoms with Crippen LogP contribution in [-0.2, 0) is 4.79 Å². The highest BCUT2D eigenvalue weighted by Gasteiger charge is 2.19. The van der Waals surface area contributed by atoms with Crippen molar-refractivity contribution >= 4 is 23.1 Å². The summed E-state index contributed by atoms with van der Waals surface area (Å²) in [4.78, 5) is 14.2. The fourth-order valence-electron chi connectivity index (χ4n) is 1.62. The van der Waals surface area contributed by atoms with Gasteiger partial charge < -0.3 is 11.1 Å². The summed E-state index contributed by atoms with van der Waals surface area (Å²) in [5, 5.41) is 2.94. The van der Waals surface area contributed by atoms with Gasteiger partial charge in [-0.3, -0.25) is 9.69 Å². The van der Waals surface area contributed by atoms with E-state index in [1.165, 1.54) is 0 Å². The van der Waals surface area contributed by atoms with Gasteiger partial charge in [0.05, 0.1) is 11.0 Å². The number of hydrogen-bond donors (Lipinski definition) is 2. The molecule has 4 nitrogen and oxygen atoms in total. The molecule has 0 aliphatic carbocycles. The summed E-state index contributed by atoms with van der Waals surface area (Å²) < 4.78 is 0. The van der Waals surface area contributed by atoms with Crippen molar-refractivity contribution in [3.63, 3.8) is 0 Å². The van der Waals surface area contributed by atoms with E-state index in [0.29, 0.717) is 11.5 Å². The summed E-state index contributed by atoms with van der Waals surface area (Å²) >= 11 is 4.87. The van der Waals surface area contributed by atoms with Crippen molar-refractivity contribution < 1.29 is 4.79 Å². The molecule has 17 heavy (non-hydrogen) atoms. The van der Waals surface area contributed by atoms with Gasteiger partial charge in [0.25, 0.3) is 0 Å². The van der Waals surface area contributed by atoms with Crippen LogP contribution in [0.25, 0.3) is 0 Å². The molecule has 0 saturated heterocycles. The molecule has 0 aromatic carbocycles. The number of carbonyl (C=O) groups is 1. The Balaban J connectivity index is 4.03.